The summed E-state index contributed by atoms with van der Waals surface area (Å²) in [7, 11) is 0. The first-order valence-electron chi connectivity index (χ1n) is 12.9. The first kappa shape index (κ1) is 32.7. The molecule has 10 N–H and O–H groups in total. The van der Waals surface area contributed by atoms with E-state index in [4.69, 9.17) is 23.4 Å². The smallest absolute Gasteiger partial charge is 0.402 e. The van der Waals surface area contributed by atoms with Crippen LogP contribution in [0.4, 0.5) is 0 Å². The van der Waals surface area contributed by atoms with E-state index in [-0.39, 0.29) is 46.2 Å². The van der Waals surface area contributed by atoms with E-state index < -0.39 is 85.3 Å². The highest BCUT2D eigenvalue weighted by Gasteiger charge is 2.48. The molecule has 3 heterocycles. The predicted molar refractivity (Wildman–Crippen MR) is 138 cm³/mol. The van der Waals surface area contributed by atoms with Crippen molar-refractivity contribution in [3.05, 3.63) is 36.4 Å². The summed E-state index contributed by atoms with van der Waals surface area (Å²) in [6, 6.07) is 7.22. The van der Waals surface area contributed by atoms with Crippen molar-refractivity contribution in [2.24, 2.45) is 0 Å². The molecule has 43 heavy (non-hydrogen) atoms. The van der Waals surface area contributed by atoms with Gasteiger partial charge in [0, 0.05) is 18.2 Å². The van der Waals surface area contributed by atoms with Crippen molar-refractivity contribution in [2.45, 2.75) is 68.3 Å². The van der Waals surface area contributed by atoms with Gasteiger partial charge in [0.1, 0.15) is 59.6 Å². The van der Waals surface area contributed by atoms with Gasteiger partial charge in [-0.3, -0.25) is 0 Å². The zero-order valence-corrected chi connectivity index (χ0v) is 23.1. The van der Waals surface area contributed by atoms with Crippen LogP contribution in [0.3, 0.4) is 0 Å². The van der Waals surface area contributed by atoms with Crippen molar-refractivity contribution in [3.8, 4) is 40.1 Å². The summed E-state index contributed by atoms with van der Waals surface area (Å²) in [5.41, 5.74) is 0.163. The van der Waals surface area contributed by atoms with Gasteiger partial charge in [0.25, 0.3) is 0 Å². The molecular weight excluding hydrogens is 600 g/mol. The van der Waals surface area contributed by atoms with E-state index in [0.717, 1.165) is 12.1 Å². The minimum atomic E-state index is -1.82. The molecule has 15 nitrogen and oxygen atoms in total. The normalized spacial score (nSPS) is 32.7. The van der Waals surface area contributed by atoms with E-state index in [1.807, 2.05) is 0 Å². The lowest BCUT2D eigenvalue weighted by molar-refractivity contribution is -0.318. The second kappa shape index (κ2) is 12.8. The number of aromatic hydroxyl groups is 4. The maximum atomic E-state index is 10.7. The van der Waals surface area contributed by atoms with Crippen LogP contribution in [0.1, 0.15) is 6.92 Å². The van der Waals surface area contributed by atoms with Crippen LogP contribution in [-0.4, -0.2) is 119 Å². The molecule has 2 aliphatic rings. The summed E-state index contributed by atoms with van der Waals surface area (Å²) in [6.07, 6.45) is -15.3. The zero-order chi connectivity index (χ0) is 30.5. The molecule has 10 atom stereocenters. The number of ether oxygens (including phenoxy) is 4. The van der Waals surface area contributed by atoms with Crippen molar-refractivity contribution in [1.82, 2.24) is 0 Å². The molecule has 0 radical (unpaired) electrons. The van der Waals surface area contributed by atoms with Crippen molar-refractivity contribution in [1.29, 1.82) is 0 Å². The summed E-state index contributed by atoms with van der Waals surface area (Å²) in [4.78, 5) is 0. The largest absolute Gasteiger partial charge is 1.00 e. The summed E-state index contributed by atoms with van der Waals surface area (Å²) in [5, 5.41) is 102. The number of phenols is 4. The molecule has 0 bridgehead atoms. The lowest BCUT2D eigenvalue weighted by Gasteiger charge is -2.42. The van der Waals surface area contributed by atoms with E-state index >= 15 is 0 Å². The zero-order valence-electron chi connectivity index (χ0n) is 22.3. The third kappa shape index (κ3) is 6.37. The maximum absolute atomic E-state index is 10.7. The van der Waals surface area contributed by atoms with Crippen LogP contribution in [0.5, 0.6) is 28.7 Å². The molecule has 1 aromatic heterocycles. The average molecular weight is 631 g/mol. The second-order valence-corrected chi connectivity index (χ2v) is 10.2. The van der Waals surface area contributed by atoms with E-state index in [9.17, 15) is 51.1 Å². The molecule has 3 aromatic rings. The monoisotopic (exact) mass is 630 g/mol. The van der Waals surface area contributed by atoms with Crippen LogP contribution in [0.15, 0.2) is 40.8 Å². The van der Waals surface area contributed by atoms with E-state index in [1.165, 1.54) is 31.2 Å². The van der Waals surface area contributed by atoms with Crippen LogP contribution >= 0.6 is 0 Å². The van der Waals surface area contributed by atoms with Gasteiger partial charge < -0.3 is 82.4 Å². The lowest BCUT2D eigenvalue weighted by Crippen LogP contribution is -3.00. The first-order chi connectivity index (χ1) is 19.8. The van der Waals surface area contributed by atoms with Crippen LogP contribution in [0.2, 0.25) is 0 Å². The van der Waals surface area contributed by atoms with Gasteiger partial charge >= 0.3 is 11.3 Å². The Morgan fingerprint density at radius 1 is 0.721 bits per heavy atom. The quantitative estimate of drug-likeness (QED) is 0.0927. The van der Waals surface area contributed by atoms with Gasteiger partial charge in [-0.25, -0.2) is 4.42 Å². The minimum Gasteiger partial charge on any atom is -1.00 e. The molecule has 236 valence electrons. The number of aliphatic hydroxyl groups is 6. The third-order valence-electron chi connectivity index (χ3n) is 7.20. The second-order valence-electron chi connectivity index (χ2n) is 10.2. The van der Waals surface area contributed by atoms with Gasteiger partial charge in [-0.15, -0.1) is 0 Å². The Balaban J connectivity index is 0.00000423. The summed E-state index contributed by atoms with van der Waals surface area (Å²) < 4.78 is 28.3. The van der Waals surface area contributed by atoms with Gasteiger partial charge in [0.2, 0.25) is 12.0 Å². The molecule has 2 fully saturated rings. The first-order valence-corrected chi connectivity index (χ1v) is 12.9. The summed E-state index contributed by atoms with van der Waals surface area (Å²) in [5.74, 6) is -1.92. The lowest BCUT2D eigenvalue weighted by atomic mass is 9.98. The van der Waals surface area contributed by atoms with Crippen molar-refractivity contribution >= 4 is 11.0 Å². The molecule has 2 aromatic carbocycles. The Hall–Kier alpha value is -3.22. The highest BCUT2D eigenvalue weighted by atomic mass is 35.5. The van der Waals surface area contributed by atoms with Crippen molar-refractivity contribution in [3.63, 3.8) is 0 Å². The number of hydrogen-bond acceptors (Lipinski definition) is 14. The molecule has 2 aliphatic heterocycles. The molecule has 2 saturated heterocycles. The fourth-order valence-corrected chi connectivity index (χ4v) is 4.76. The fourth-order valence-electron chi connectivity index (χ4n) is 4.76. The van der Waals surface area contributed by atoms with Gasteiger partial charge in [0.05, 0.1) is 24.3 Å². The van der Waals surface area contributed by atoms with E-state index in [1.54, 1.807) is 0 Å². The fraction of sp³-hybridized carbons (Fsp3) is 0.444. The standard InChI is InChI=1S/C27H30O15.ClH/c1-9-19(32)21(34)23(36)26(39-9)38-8-18-20(33)22(35)24(37)27(42-18)41-17-7-12-14(30)5-11(28)6-16(12)40-25(17)10-2-3-13(29)15(31)4-10;/h2-7,9,18-24,26-27,32-37H,8H2,1H3,(H3-,28,29,30,31);1H/t9-,18+,19-,20+,21+,22-,23+,24+,26+,27+;/m1./s1. The van der Waals surface area contributed by atoms with Gasteiger partial charge in [-0.1, -0.05) is 0 Å². The van der Waals surface area contributed by atoms with Gasteiger partial charge in [-0.05, 0) is 19.1 Å². The maximum Gasteiger partial charge on any atom is 0.402 e. The Labute approximate surface area is 249 Å². The molecule has 5 rings (SSSR count). The summed E-state index contributed by atoms with van der Waals surface area (Å²) in [6.45, 7) is 0.925. The van der Waals surface area contributed by atoms with E-state index in [0.29, 0.717) is 0 Å². The highest BCUT2D eigenvalue weighted by Crippen LogP contribution is 2.42. The molecule has 0 saturated carbocycles. The molecule has 0 aliphatic carbocycles. The molecular formula is C27H31ClO15. The number of benzene rings is 2. The number of aliphatic hydroxyl groups excluding tert-OH is 6. The van der Waals surface area contributed by atoms with Crippen LogP contribution in [-0.2, 0) is 14.2 Å². The van der Waals surface area contributed by atoms with Crippen LogP contribution in [0.25, 0.3) is 22.3 Å². The van der Waals surface area contributed by atoms with E-state index in [2.05, 4.69) is 0 Å². The van der Waals surface area contributed by atoms with Gasteiger partial charge in [0.15, 0.2) is 17.8 Å². The van der Waals surface area contributed by atoms with Crippen LogP contribution < -0.4 is 17.1 Å². The molecule has 0 spiro atoms. The summed E-state index contributed by atoms with van der Waals surface area (Å²) >= 11 is 0. The number of hydrogen-bond donors (Lipinski definition) is 10. The Morgan fingerprint density at radius 2 is 1.40 bits per heavy atom. The molecule has 0 unspecified atom stereocenters. The molecule has 16 heteroatoms. The molecule has 0 amide bonds. The Bertz CT molecular complexity index is 1440. The van der Waals surface area contributed by atoms with Crippen LogP contribution in [0, 0.1) is 0 Å². The topological polar surface area (TPSA) is 251 Å². The van der Waals surface area contributed by atoms with Gasteiger partial charge in [-0.2, -0.15) is 0 Å². The number of halogens is 1. The number of rotatable bonds is 6. The number of fused-ring (bicyclic) bond motifs is 1. The SMILES string of the molecule is C[C@H]1O[C@H](OC[C@@H]2O[C@H](Oc3cc4c(O)cc(O)cc4[o+]c3-c3ccc(O)c(O)c3)[C@@H](O)[C@H](O)[C@H]2O)[C@@H](O)[C@@H](O)[C@@H]1O.[Cl-]. The Kier molecular flexibility index (Phi) is 9.72. The predicted octanol–water partition coefficient (Wildman–Crippen LogP) is -3.76. The highest BCUT2D eigenvalue weighted by molar-refractivity contribution is 5.88. The number of phenolic OH excluding ortho intramolecular Hbond substituents is 4. The minimum absolute atomic E-state index is 0. The van der Waals surface area contributed by atoms with Crippen molar-refractivity contribution < 1.29 is 86.8 Å². The Morgan fingerprint density at radius 3 is 2.09 bits per heavy atom. The van der Waals surface area contributed by atoms with Crippen molar-refractivity contribution in [2.75, 3.05) is 6.61 Å². The average Bonchev–Trinajstić information content (AvgIpc) is 2.95. The third-order valence-corrected chi connectivity index (χ3v) is 7.20.